The second kappa shape index (κ2) is 7.43. The molecule has 2 heterocycles. The summed E-state index contributed by atoms with van der Waals surface area (Å²) >= 11 is 1.22. The molecule has 9 heteroatoms. The molecule has 0 aliphatic carbocycles. The molecule has 0 saturated carbocycles. The summed E-state index contributed by atoms with van der Waals surface area (Å²) in [6, 6.07) is 7.88. The summed E-state index contributed by atoms with van der Waals surface area (Å²) in [7, 11) is 2.99. The molecule has 3 aromatic rings. The van der Waals surface area contributed by atoms with Crippen molar-refractivity contribution in [2.75, 3.05) is 5.75 Å². The van der Waals surface area contributed by atoms with Gasteiger partial charge in [0, 0.05) is 25.8 Å². The molecule has 0 N–H and O–H groups in total. The molecule has 1 aromatic carbocycles. The van der Waals surface area contributed by atoms with Crippen LogP contribution in [0.1, 0.15) is 17.5 Å². The van der Waals surface area contributed by atoms with Gasteiger partial charge in [0.15, 0.2) is 16.3 Å². The van der Waals surface area contributed by atoms with Crippen molar-refractivity contribution in [1.29, 1.82) is 0 Å². The van der Waals surface area contributed by atoms with Crippen LogP contribution in [0.15, 0.2) is 39.0 Å². The highest BCUT2D eigenvalue weighted by molar-refractivity contribution is 7.99. The van der Waals surface area contributed by atoms with Crippen LogP contribution in [0.3, 0.4) is 0 Å². The van der Waals surface area contributed by atoms with Crippen molar-refractivity contribution in [3.8, 4) is 0 Å². The first kappa shape index (κ1) is 19.0. The predicted molar refractivity (Wildman–Crippen MR) is 101 cm³/mol. The molecule has 0 aliphatic heterocycles. The van der Waals surface area contributed by atoms with Crippen molar-refractivity contribution < 1.29 is 9.90 Å². The minimum atomic E-state index is -1.15. The predicted octanol–water partition coefficient (Wildman–Crippen LogP) is 0.0225. The van der Waals surface area contributed by atoms with Crippen molar-refractivity contribution in [2.45, 2.75) is 25.0 Å². The Balaban J connectivity index is 2.16. The normalized spacial score (nSPS) is 11.2. The lowest BCUT2D eigenvalue weighted by Crippen LogP contribution is -2.37. The van der Waals surface area contributed by atoms with Gasteiger partial charge in [-0.05, 0) is 18.9 Å². The van der Waals surface area contributed by atoms with Gasteiger partial charge in [0.2, 0.25) is 0 Å². The monoisotopic (exact) mass is 387 g/mol. The average molecular weight is 387 g/mol. The summed E-state index contributed by atoms with van der Waals surface area (Å²) in [6.07, 6.45) is -0.130. The lowest BCUT2D eigenvalue weighted by Gasteiger charge is -2.10. The van der Waals surface area contributed by atoms with Crippen LogP contribution in [-0.2, 0) is 25.4 Å². The van der Waals surface area contributed by atoms with E-state index in [0.29, 0.717) is 17.2 Å². The van der Waals surface area contributed by atoms with E-state index < -0.39 is 17.2 Å². The fourth-order valence-electron chi connectivity index (χ4n) is 2.79. The number of aromatic nitrogens is 4. The van der Waals surface area contributed by atoms with Gasteiger partial charge in [0.25, 0.3) is 5.56 Å². The number of imidazole rings is 1. The van der Waals surface area contributed by atoms with Crippen LogP contribution in [0.4, 0.5) is 0 Å². The maximum Gasteiger partial charge on any atom is 0.332 e. The molecule has 0 aliphatic rings. The summed E-state index contributed by atoms with van der Waals surface area (Å²) < 4.78 is 4.11. The Bertz CT molecular complexity index is 1130. The minimum absolute atomic E-state index is 0.130. The Morgan fingerprint density at radius 3 is 2.44 bits per heavy atom. The van der Waals surface area contributed by atoms with Crippen LogP contribution in [-0.4, -0.2) is 30.4 Å². The van der Waals surface area contributed by atoms with Crippen LogP contribution in [0, 0.1) is 6.92 Å². The molecule has 0 atom stereocenters. The molecule has 0 spiro atoms. The van der Waals surface area contributed by atoms with Gasteiger partial charge in [0.05, 0.1) is 6.54 Å². The molecule has 0 bridgehead atoms. The maximum absolute atomic E-state index is 12.7. The van der Waals surface area contributed by atoms with Crippen LogP contribution < -0.4 is 16.4 Å². The van der Waals surface area contributed by atoms with Crippen molar-refractivity contribution in [2.24, 2.45) is 14.1 Å². The Kier molecular flexibility index (Phi) is 5.22. The number of benzene rings is 1. The number of thioether (sulfide) groups is 1. The van der Waals surface area contributed by atoms with Gasteiger partial charge in [-0.25, -0.2) is 9.78 Å². The van der Waals surface area contributed by atoms with Gasteiger partial charge >= 0.3 is 5.69 Å². The summed E-state index contributed by atoms with van der Waals surface area (Å²) in [5.41, 5.74) is 1.80. The van der Waals surface area contributed by atoms with E-state index in [2.05, 4.69) is 4.98 Å². The fraction of sp³-hybridized carbons (Fsp3) is 0.333. The first-order chi connectivity index (χ1) is 12.8. The number of carboxylic acids is 1. The van der Waals surface area contributed by atoms with Gasteiger partial charge < -0.3 is 14.5 Å². The van der Waals surface area contributed by atoms with Crippen LogP contribution >= 0.6 is 11.8 Å². The van der Waals surface area contributed by atoms with Crippen molar-refractivity contribution in [3.05, 3.63) is 56.2 Å². The summed E-state index contributed by atoms with van der Waals surface area (Å²) in [5, 5.41) is 11.2. The first-order valence-corrected chi connectivity index (χ1v) is 9.32. The van der Waals surface area contributed by atoms with Crippen LogP contribution in [0.2, 0.25) is 0 Å². The standard InChI is InChI=1S/C18H20N4O4S/c1-11-4-6-12(7-5-11)10-22-14-15(19-17(22)27-9-8-13(23)24)20(2)18(26)21(3)16(14)25/h4-7H,8-10H2,1-3H3,(H,23,24)/p-1. The first-order valence-electron chi connectivity index (χ1n) is 8.34. The lowest BCUT2D eigenvalue weighted by molar-refractivity contribution is -0.305. The van der Waals surface area contributed by atoms with E-state index in [-0.39, 0.29) is 17.8 Å². The molecule has 2 aromatic heterocycles. The Morgan fingerprint density at radius 1 is 1.15 bits per heavy atom. The third kappa shape index (κ3) is 3.68. The van der Waals surface area contributed by atoms with Gasteiger partial charge in [-0.15, -0.1) is 0 Å². The molecule has 142 valence electrons. The summed E-state index contributed by atoms with van der Waals surface area (Å²) in [4.78, 5) is 40.1. The van der Waals surface area contributed by atoms with Gasteiger partial charge in [-0.1, -0.05) is 41.6 Å². The fourth-order valence-corrected chi connectivity index (χ4v) is 3.70. The van der Waals surface area contributed by atoms with Crippen molar-refractivity contribution >= 4 is 28.9 Å². The number of aryl methyl sites for hydroxylation is 2. The Morgan fingerprint density at radius 2 is 1.81 bits per heavy atom. The SMILES string of the molecule is Cc1ccc(Cn2c(SCCC(=O)[O-])nc3c2c(=O)n(C)c(=O)n3C)cc1. The Hall–Kier alpha value is -2.81. The Labute approximate surface area is 159 Å². The number of aliphatic carboxylic acids is 1. The zero-order valence-corrected chi connectivity index (χ0v) is 16.1. The summed E-state index contributed by atoms with van der Waals surface area (Å²) in [5.74, 6) is -0.889. The lowest BCUT2D eigenvalue weighted by atomic mass is 10.1. The second-order valence-corrected chi connectivity index (χ2v) is 7.38. The topological polar surface area (TPSA) is 102 Å². The smallest absolute Gasteiger partial charge is 0.332 e. The number of carbonyl (C=O) groups is 1. The van der Waals surface area contributed by atoms with Crippen LogP contribution in [0.5, 0.6) is 0 Å². The van der Waals surface area contributed by atoms with E-state index >= 15 is 0 Å². The quantitative estimate of drug-likeness (QED) is 0.553. The second-order valence-electron chi connectivity index (χ2n) is 6.31. The largest absolute Gasteiger partial charge is 0.550 e. The molecule has 0 radical (unpaired) electrons. The third-order valence-corrected chi connectivity index (χ3v) is 5.29. The number of rotatable bonds is 6. The highest BCUT2D eigenvalue weighted by Gasteiger charge is 2.19. The zero-order valence-electron chi connectivity index (χ0n) is 15.3. The highest BCUT2D eigenvalue weighted by Crippen LogP contribution is 2.23. The van der Waals surface area contributed by atoms with Crippen LogP contribution in [0.25, 0.3) is 11.2 Å². The van der Waals surface area contributed by atoms with E-state index in [1.165, 1.54) is 23.4 Å². The zero-order chi connectivity index (χ0) is 19.7. The molecule has 0 unspecified atom stereocenters. The molecule has 0 amide bonds. The summed E-state index contributed by atoms with van der Waals surface area (Å²) in [6.45, 7) is 2.38. The third-order valence-electron chi connectivity index (χ3n) is 4.31. The van der Waals surface area contributed by atoms with Crippen molar-refractivity contribution in [3.63, 3.8) is 0 Å². The number of fused-ring (bicyclic) bond motifs is 1. The average Bonchev–Trinajstić information content (AvgIpc) is 2.98. The van der Waals surface area contributed by atoms with Gasteiger partial charge in [-0.3, -0.25) is 13.9 Å². The molecular weight excluding hydrogens is 368 g/mol. The molecule has 27 heavy (non-hydrogen) atoms. The number of hydrogen-bond donors (Lipinski definition) is 0. The van der Waals surface area contributed by atoms with E-state index in [1.807, 2.05) is 31.2 Å². The van der Waals surface area contributed by atoms with Crippen molar-refractivity contribution in [1.82, 2.24) is 18.7 Å². The van der Waals surface area contributed by atoms with Gasteiger partial charge in [0.1, 0.15) is 0 Å². The van der Waals surface area contributed by atoms with E-state index in [0.717, 1.165) is 15.7 Å². The number of carbonyl (C=O) groups excluding carboxylic acids is 1. The number of nitrogens with zero attached hydrogens (tertiary/aromatic N) is 4. The highest BCUT2D eigenvalue weighted by atomic mass is 32.2. The van der Waals surface area contributed by atoms with E-state index in [9.17, 15) is 19.5 Å². The molecular formula is C18H19N4O4S-. The van der Waals surface area contributed by atoms with Gasteiger partial charge in [-0.2, -0.15) is 0 Å². The number of carboxylic acid groups (broad SMARTS) is 1. The number of hydrogen-bond acceptors (Lipinski definition) is 6. The molecule has 3 rings (SSSR count). The molecule has 8 nitrogen and oxygen atoms in total. The van der Waals surface area contributed by atoms with E-state index in [1.54, 1.807) is 11.6 Å². The van der Waals surface area contributed by atoms with E-state index in [4.69, 9.17) is 0 Å². The maximum atomic E-state index is 12.7. The molecule has 0 saturated heterocycles. The minimum Gasteiger partial charge on any atom is -0.550 e. The molecule has 0 fully saturated rings.